The molecule has 0 N–H and O–H groups in total. The summed E-state index contributed by atoms with van der Waals surface area (Å²) >= 11 is 0. The lowest BCUT2D eigenvalue weighted by atomic mass is 10.2. The Bertz CT molecular complexity index is 366. The van der Waals surface area contributed by atoms with Crippen molar-refractivity contribution < 1.29 is 28.5 Å². The summed E-state index contributed by atoms with van der Waals surface area (Å²) in [6.07, 6.45) is 6.67. The largest absolute Gasteiger partial charge is 0.463 e. The Morgan fingerprint density at radius 3 is 2.19 bits per heavy atom. The van der Waals surface area contributed by atoms with Gasteiger partial charge in [0.05, 0.1) is 18.6 Å². The third-order valence-electron chi connectivity index (χ3n) is 3.43. The van der Waals surface area contributed by atoms with Gasteiger partial charge in [0.1, 0.15) is 13.2 Å². The van der Waals surface area contributed by atoms with Crippen LogP contribution in [0.2, 0.25) is 0 Å². The lowest BCUT2D eigenvalue weighted by Gasteiger charge is -2.09. The van der Waals surface area contributed by atoms with Gasteiger partial charge in [-0.25, -0.2) is 4.79 Å². The second-order valence-corrected chi connectivity index (χ2v) is 5.19. The summed E-state index contributed by atoms with van der Waals surface area (Å²) in [6.45, 7) is 2.02. The van der Waals surface area contributed by atoms with Crippen LogP contribution < -0.4 is 0 Å². The molecule has 118 valence electrons. The Labute approximate surface area is 124 Å². The standard InChI is InChI=1S/C15H22O6/c16-14(20-10-12-4-2-8-18-12)6-1-7-15(17)21-11-13-5-3-9-19-13/h1,6,12-13H,2-5,7-11H2/b6-1+/t12-,13-/m1/s1. The summed E-state index contributed by atoms with van der Waals surface area (Å²) < 4.78 is 20.8. The van der Waals surface area contributed by atoms with Crippen molar-refractivity contribution in [2.24, 2.45) is 0 Å². The molecule has 6 heteroatoms. The number of rotatable bonds is 7. The van der Waals surface area contributed by atoms with Crippen molar-refractivity contribution in [2.75, 3.05) is 26.4 Å². The Morgan fingerprint density at radius 1 is 1.00 bits per heavy atom. The summed E-state index contributed by atoms with van der Waals surface area (Å²) in [5.74, 6) is -0.828. The maximum atomic E-state index is 11.4. The van der Waals surface area contributed by atoms with Gasteiger partial charge in [-0.1, -0.05) is 6.08 Å². The van der Waals surface area contributed by atoms with Gasteiger partial charge in [-0.3, -0.25) is 4.79 Å². The van der Waals surface area contributed by atoms with Crippen LogP contribution in [-0.2, 0) is 28.5 Å². The molecular weight excluding hydrogens is 276 g/mol. The summed E-state index contributed by atoms with van der Waals surface area (Å²) in [5, 5.41) is 0. The average Bonchev–Trinajstić information content (AvgIpc) is 3.16. The number of esters is 2. The number of carbonyl (C=O) groups is 2. The predicted molar refractivity (Wildman–Crippen MR) is 73.6 cm³/mol. The van der Waals surface area contributed by atoms with Gasteiger partial charge in [-0.2, -0.15) is 0 Å². The number of carbonyl (C=O) groups excluding carboxylic acids is 2. The lowest BCUT2D eigenvalue weighted by molar-refractivity contribution is -0.145. The molecule has 2 atom stereocenters. The van der Waals surface area contributed by atoms with E-state index in [0.29, 0.717) is 0 Å². The fraction of sp³-hybridized carbons (Fsp3) is 0.733. The van der Waals surface area contributed by atoms with Gasteiger partial charge in [0.2, 0.25) is 0 Å². The maximum Gasteiger partial charge on any atom is 0.330 e. The zero-order chi connectivity index (χ0) is 14.9. The van der Waals surface area contributed by atoms with E-state index in [1.54, 1.807) is 0 Å². The molecule has 0 aromatic carbocycles. The van der Waals surface area contributed by atoms with Crippen LogP contribution in [0.5, 0.6) is 0 Å². The number of ether oxygens (including phenoxy) is 4. The van der Waals surface area contributed by atoms with Crippen LogP contribution in [0.1, 0.15) is 32.1 Å². The molecule has 2 heterocycles. The zero-order valence-corrected chi connectivity index (χ0v) is 12.1. The van der Waals surface area contributed by atoms with E-state index < -0.39 is 5.97 Å². The van der Waals surface area contributed by atoms with Gasteiger partial charge < -0.3 is 18.9 Å². The molecular formula is C15H22O6. The third-order valence-corrected chi connectivity index (χ3v) is 3.43. The molecule has 2 saturated heterocycles. The van der Waals surface area contributed by atoms with Crippen molar-refractivity contribution in [3.8, 4) is 0 Å². The first-order valence-corrected chi connectivity index (χ1v) is 7.46. The van der Waals surface area contributed by atoms with E-state index in [1.807, 2.05) is 0 Å². The minimum Gasteiger partial charge on any atom is -0.463 e. The highest BCUT2D eigenvalue weighted by Crippen LogP contribution is 2.13. The first-order chi connectivity index (χ1) is 10.2. The minimum absolute atomic E-state index is 0.0127. The summed E-state index contributed by atoms with van der Waals surface area (Å²) in [7, 11) is 0. The predicted octanol–water partition coefficient (Wildman–Crippen LogP) is 1.38. The normalized spacial score (nSPS) is 25.3. The topological polar surface area (TPSA) is 71.1 Å². The highest BCUT2D eigenvalue weighted by Gasteiger charge is 2.18. The quantitative estimate of drug-likeness (QED) is 0.522. The van der Waals surface area contributed by atoms with Crippen LogP contribution >= 0.6 is 0 Å². The van der Waals surface area contributed by atoms with Crippen molar-refractivity contribution in [1.82, 2.24) is 0 Å². The van der Waals surface area contributed by atoms with Gasteiger partial charge in [-0.15, -0.1) is 0 Å². The van der Waals surface area contributed by atoms with Crippen LogP contribution in [-0.4, -0.2) is 50.6 Å². The number of hydrogen-bond acceptors (Lipinski definition) is 6. The highest BCUT2D eigenvalue weighted by atomic mass is 16.6. The molecule has 2 rings (SSSR count). The smallest absolute Gasteiger partial charge is 0.330 e. The molecule has 0 saturated carbocycles. The van der Waals surface area contributed by atoms with Crippen LogP contribution in [0.25, 0.3) is 0 Å². The van der Waals surface area contributed by atoms with E-state index in [9.17, 15) is 9.59 Å². The second kappa shape index (κ2) is 8.79. The van der Waals surface area contributed by atoms with Crippen LogP contribution in [0.4, 0.5) is 0 Å². The van der Waals surface area contributed by atoms with E-state index >= 15 is 0 Å². The SMILES string of the molecule is O=C(/C=C/CC(=O)OC[C@H]1CCCO1)OC[C@H]1CCCO1. The first-order valence-electron chi connectivity index (χ1n) is 7.46. The Balaban J connectivity index is 1.53. The monoisotopic (exact) mass is 298 g/mol. The van der Waals surface area contributed by atoms with E-state index in [1.165, 1.54) is 12.2 Å². The Kier molecular flexibility index (Phi) is 6.69. The molecule has 21 heavy (non-hydrogen) atoms. The molecule has 0 radical (unpaired) electrons. The molecule has 0 spiro atoms. The van der Waals surface area contributed by atoms with Gasteiger partial charge in [0.25, 0.3) is 0 Å². The summed E-state index contributed by atoms with van der Waals surface area (Å²) in [4.78, 5) is 22.9. The molecule has 6 nitrogen and oxygen atoms in total. The fourth-order valence-electron chi connectivity index (χ4n) is 2.27. The molecule has 2 aliphatic heterocycles. The van der Waals surface area contributed by atoms with Crippen molar-refractivity contribution in [3.63, 3.8) is 0 Å². The molecule has 0 unspecified atom stereocenters. The second-order valence-electron chi connectivity index (χ2n) is 5.19. The third kappa shape index (κ3) is 6.27. The van der Waals surface area contributed by atoms with Crippen LogP contribution in [0.15, 0.2) is 12.2 Å². The highest BCUT2D eigenvalue weighted by molar-refractivity contribution is 5.83. The van der Waals surface area contributed by atoms with Gasteiger partial charge in [-0.05, 0) is 25.7 Å². The van der Waals surface area contributed by atoms with Crippen molar-refractivity contribution in [1.29, 1.82) is 0 Å². The van der Waals surface area contributed by atoms with E-state index in [-0.39, 0.29) is 37.8 Å². The van der Waals surface area contributed by atoms with E-state index in [4.69, 9.17) is 18.9 Å². The van der Waals surface area contributed by atoms with E-state index in [2.05, 4.69) is 0 Å². The fourth-order valence-corrected chi connectivity index (χ4v) is 2.27. The van der Waals surface area contributed by atoms with Crippen molar-refractivity contribution in [3.05, 3.63) is 12.2 Å². The molecule has 0 amide bonds. The zero-order valence-electron chi connectivity index (χ0n) is 12.1. The number of hydrogen-bond donors (Lipinski definition) is 0. The van der Waals surface area contributed by atoms with Crippen molar-refractivity contribution in [2.45, 2.75) is 44.3 Å². The molecule has 0 aromatic rings. The van der Waals surface area contributed by atoms with Crippen LogP contribution in [0, 0.1) is 0 Å². The van der Waals surface area contributed by atoms with E-state index in [0.717, 1.165) is 38.9 Å². The molecule has 0 bridgehead atoms. The molecule has 2 aliphatic rings. The summed E-state index contributed by atoms with van der Waals surface area (Å²) in [5.41, 5.74) is 0. The van der Waals surface area contributed by atoms with Crippen molar-refractivity contribution >= 4 is 11.9 Å². The summed E-state index contributed by atoms with van der Waals surface area (Å²) in [6, 6.07) is 0. The van der Waals surface area contributed by atoms with Crippen LogP contribution in [0.3, 0.4) is 0 Å². The molecule has 2 fully saturated rings. The molecule has 0 aromatic heterocycles. The Morgan fingerprint density at radius 2 is 1.62 bits per heavy atom. The maximum absolute atomic E-state index is 11.4. The minimum atomic E-state index is -0.461. The van der Waals surface area contributed by atoms with Gasteiger partial charge >= 0.3 is 11.9 Å². The van der Waals surface area contributed by atoms with Gasteiger partial charge in [0, 0.05) is 19.3 Å². The Hall–Kier alpha value is -1.40. The van der Waals surface area contributed by atoms with Gasteiger partial charge in [0.15, 0.2) is 0 Å². The lowest BCUT2D eigenvalue weighted by Crippen LogP contribution is -2.17. The molecule has 0 aliphatic carbocycles. The first kappa shape index (κ1) is 16.0. The average molecular weight is 298 g/mol.